The lowest BCUT2D eigenvalue weighted by Crippen LogP contribution is -2.47. The van der Waals surface area contributed by atoms with Crippen LogP contribution >= 0.6 is 27.3 Å². The third-order valence-corrected chi connectivity index (χ3v) is 4.85. The minimum absolute atomic E-state index is 0.296. The van der Waals surface area contributed by atoms with Gasteiger partial charge in [0, 0.05) is 15.4 Å². The van der Waals surface area contributed by atoms with E-state index in [1.807, 2.05) is 6.07 Å². The van der Waals surface area contributed by atoms with Crippen molar-refractivity contribution < 1.29 is 9.90 Å². The summed E-state index contributed by atoms with van der Waals surface area (Å²) in [7, 11) is 0. The molecule has 0 bridgehead atoms. The number of thiophene rings is 1. The molecule has 1 fully saturated rings. The lowest BCUT2D eigenvalue weighted by molar-refractivity contribution is -0.140. The van der Waals surface area contributed by atoms with Crippen molar-refractivity contribution in [3.05, 3.63) is 20.8 Å². The van der Waals surface area contributed by atoms with Gasteiger partial charge in [-0.3, -0.25) is 4.79 Å². The van der Waals surface area contributed by atoms with E-state index in [0.29, 0.717) is 6.04 Å². The van der Waals surface area contributed by atoms with Crippen molar-refractivity contribution in [1.29, 1.82) is 0 Å². The van der Waals surface area contributed by atoms with Gasteiger partial charge in [0.25, 0.3) is 0 Å². The van der Waals surface area contributed by atoms with E-state index in [-0.39, 0.29) is 6.04 Å². The number of rotatable bonds is 3. The minimum atomic E-state index is -0.727. The molecule has 16 heavy (non-hydrogen) atoms. The Kier molecular flexibility index (Phi) is 4.00. The second kappa shape index (κ2) is 5.29. The maximum Gasteiger partial charge on any atom is 0.320 e. The zero-order valence-electron chi connectivity index (χ0n) is 8.78. The fourth-order valence-electron chi connectivity index (χ4n) is 2.07. The molecule has 88 valence electrons. The van der Waals surface area contributed by atoms with Crippen molar-refractivity contribution in [1.82, 2.24) is 5.32 Å². The van der Waals surface area contributed by atoms with Crippen LogP contribution in [-0.4, -0.2) is 23.2 Å². The molecule has 1 aromatic heterocycles. The summed E-state index contributed by atoms with van der Waals surface area (Å²) >= 11 is 5.22. The fraction of sp³-hybridized carbons (Fsp3) is 0.545. The van der Waals surface area contributed by atoms with Crippen molar-refractivity contribution in [2.24, 2.45) is 0 Å². The second-order valence-electron chi connectivity index (χ2n) is 4.08. The Bertz CT molecular complexity index is 380. The van der Waals surface area contributed by atoms with Gasteiger partial charge in [0.05, 0.1) is 0 Å². The average molecular weight is 304 g/mol. The van der Waals surface area contributed by atoms with E-state index in [0.717, 1.165) is 30.2 Å². The first kappa shape index (κ1) is 12.1. The Labute approximate surface area is 107 Å². The highest BCUT2D eigenvalue weighted by Crippen LogP contribution is 2.26. The zero-order chi connectivity index (χ0) is 11.5. The van der Waals surface area contributed by atoms with Gasteiger partial charge in [-0.05, 0) is 53.1 Å². The van der Waals surface area contributed by atoms with Crippen molar-refractivity contribution in [3.8, 4) is 0 Å². The standard InChI is InChI=1S/C11H14BrNO2S/c12-8-4-5-16-10(8)6-7-2-1-3-9(13-7)11(14)15/h4-5,7,9,13H,1-3,6H2,(H,14,15). The predicted molar refractivity (Wildman–Crippen MR) is 67.9 cm³/mol. The molecule has 2 rings (SSSR count). The van der Waals surface area contributed by atoms with E-state index in [1.54, 1.807) is 11.3 Å². The van der Waals surface area contributed by atoms with Gasteiger partial charge >= 0.3 is 5.97 Å². The van der Waals surface area contributed by atoms with Crippen molar-refractivity contribution in [2.45, 2.75) is 37.8 Å². The van der Waals surface area contributed by atoms with Crippen LogP contribution in [-0.2, 0) is 11.2 Å². The third-order valence-electron chi connectivity index (χ3n) is 2.90. The molecule has 0 saturated carbocycles. The van der Waals surface area contributed by atoms with Crippen LogP contribution in [0.1, 0.15) is 24.1 Å². The molecule has 1 aliphatic heterocycles. The molecule has 2 unspecified atom stereocenters. The summed E-state index contributed by atoms with van der Waals surface area (Å²) in [4.78, 5) is 12.2. The second-order valence-corrected chi connectivity index (χ2v) is 5.94. The van der Waals surface area contributed by atoms with Gasteiger partial charge in [-0.2, -0.15) is 0 Å². The smallest absolute Gasteiger partial charge is 0.320 e. The molecule has 2 atom stereocenters. The summed E-state index contributed by atoms with van der Waals surface area (Å²) in [5, 5.41) is 14.2. The molecule has 1 aliphatic rings. The van der Waals surface area contributed by atoms with Crippen molar-refractivity contribution in [3.63, 3.8) is 0 Å². The van der Waals surface area contributed by atoms with E-state index in [4.69, 9.17) is 5.11 Å². The predicted octanol–water partition coefficient (Wildman–Crippen LogP) is 2.65. The lowest BCUT2D eigenvalue weighted by Gasteiger charge is -2.28. The average Bonchev–Trinajstić information content (AvgIpc) is 2.65. The van der Waals surface area contributed by atoms with E-state index in [2.05, 4.69) is 26.6 Å². The summed E-state index contributed by atoms with van der Waals surface area (Å²) in [6.45, 7) is 0. The van der Waals surface area contributed by atoms with Gasteiger partial charge < -0.3 is 10.4 Å². The first-order chi connectivity index (χ1) is 7.66. The van der Waals surface area contributed by atoms with Gasteiger partial charge in [-0.1, -0.05) is 0 Å². The third kappa shape index (κ3) is 2.84. The van der Waals surface area contributed by atoms with Crippen LogP contribution in [0.5, 0.6) is 0 Å². The molecular weight excluding hydrogens is 290 g/mol. The van der Waals surface area contributed by atoms with E-state index >= 15 is 0 Å². The maximum absolute atomic E-state index is 10.9. The van der Waals surface area contributed by atoms with E-state index in [1.165, 1.54) is 4.88 Å². The Balaban J connectivity index is 1.95. The topological polar surface area (TPSA) is 49.3 Å². The molecule has 2 N–H and O–H groups in total. The number of halogens is 1. The molecule has 0 radical (unpaired) electrons. The number of nitrogens with one attached hydrogen (secondary N) is 1. The molecule has 0 aromatic carbocycles. The Morgan fingerprint density at radius 1 is 1.62 bits per heavy atom. The van der Waals surface area contributed by atoms with Gasteiger partial charge in [0.15, 0.2) is 0 Å². The van der Waals surface area contributed by atoms with Gasteiger partial charge in [0.2, 0.25) is 0 Å². The molecular formula is C11H14BrNO2S. The number of hydrogen-bond acceptors (Lipinski definition) is 3. The van der Waals surface area contributed by atoms with Gasteiger partial charge in [-0.15, -0.1) is 11.3 Å². The number of carboxylic acid groups (broad SMARTS) is 1. The van der Waals surface area contributed by atoms with Crippen LogP contribution in [0, 0.1) is 0 Å². The van der Waals surface area contributed by atoms with Gasteiger partial charge in [0.1, 0.15) is 6.04 Å². The van der Waals surface area contributed by atoms with E-state index in [9.17, 15) is 4.79 Å². The Morgan fingerprint density at radius 2 is 2.44 bits per heavy atom. The normalized spacial score (nSPS) is 25.6. The minimum Gasteiger partial charge on any atom is -0.480 e. The molecule has 3 nitrogen and oxygen atoms in total. The molecule has 0 spiro atoms. The zero-order valence-corrected chi connectivity index (χ0v) is 11.2. The highest BCUT2D eigenvalue weighted by Gasteiger charge is 2.26. The first-order valence-electron chi connectivity index (χ1n) is 5.37. The summed E-state index contributed by atoms with van der Waals surface area (Å²) in [6.07, 6.45) is 3.73. The highest BCUT2D eigenvalue weighted by atomic mass is 79.9. The van der Waals surface area contributed by atoms with Crippen LogP contribution in [0.15, 0.2) is 15.9 Å². The number of carbonyl (C=O) groups is 1. The Morgan fingerprint density at radius 3 is 3.06 bits per heavy atom. The van der Waals surface area contributed by atoms with Crippen LogP contribution in [0.25, 0.3) is 0 Å². The number of aliphatic carboxylic acids is 1. The highest BCUT2D eigenvalue weighted by molar-refractivity contribution is 9.10. The molecule has 0 amide bonds. The van der Waals surface area contributed by atoms with Gasteiger partial charge in [-0.25, -0.2) is 0 Å². The molecule has 2 heterocycles. The maximum atomic E-state index is 10.9. The van der Waals surface area contributed by atoms with Crippen LogP contribution in [0.3, 0.4) is 0 Å². The SMILES string of the molecule is O=C(O)C1CCCC(Cc2sccc2Br)N1. The summed E-state index contributed by atoms with van der Waals surface area (Å²) < 4.78 is 1.14. The lowest BCUT2D eigenvalue weighted by atomic mass is 9.96. The molecule has 1 aromatic rings. The quantitative estimate of drug-likeness (QED) is 0.902. The first-order valence-corrected chi connectivity index (χ1v) is 7.05. The fourth-order valence-corrected chi connectivity index (χ4v) is 3.67. The summed E-state index contributed by atoms with van der Waals surface area (Å²) in [5.74, 6) is -0.727. The molecule has 1 saturated heterocycles. The molecule has 0 aliphatic carbocycles. The number of hydrogen-bond donors (Lipinski definition) is 2. The van der Waals surface area contributed by atoms with Crippen LogP contribution in [0.2, 0.25) is 0 Å². The number of piperidine rings is 1. The Hall–Kier alpha value is -0.390. The van der Waals surface area contributed by atoms with Crippen LogP contribution < -0.4 is 5.32 Å². The largest absolute Gasteiger partial charge is 0.480 e. The summed E-state index contributed by atoms with van der Waals surface area (Å²) in [5.41, 5.74) is 0. The van der Waals surface area contributed by atoms with E-state index < -0.39 is 5.97 Å². The summed E-state index contributed by atoms with van der Waals surface area (Å²) in [6, 6.07) is 1.97. The van der Waals surface area contributed by atoms with Crippen LogP contribution in [0.4, 0.5) is 0 Å². The van der Waals surface area contributed by atoms with Crippen molar-refractivity contribution in [2.75, 3.05) is 0 Å². The van der Waals surface area contributed by atoms with Crippen molar-refractivity contribution >= 4 is 33.2 Å². The molecule has 5 heteroatoms. The number of carboxylic acids is 1. The monoisotopic (exact) mass is 303 g/mol.